The van der Waals surface area contributed by atoms with Gasteiger partial charge in [0, 0.05) is 10.0 Å². The molecule has 102 valence electrons. The van der Waals surface area contributed by atoms with Crippen molar-refractivity contribution in [3.05, 3.63) is 33.8 Å². The number of amides is 1. The van der Waals surface area contributed by atoms with E-state index in [-0.39, 0.29) is 12.4 Å². The molecule has 0 radical (unpaired) electrons. The molecule has 0 aliphatic carbocycles. The highest BCUT2D eigenvalue weighted by Gasteiger charge is 2.27. The van der Waals surface area contributed by atoms with E-state index < -0.39 is 24.9 Å². The molecule has 7 heteroatoms. The molecule has 0 aromatic heterocycles. The van der Waals surface area contributed by atoms with Gasteiger partial charge in [0.05, 0.1) is 13.1 Å². The number of carbonyl (C=O) groups is 1. The van der Waals surface area contributed by atoms with E-state index in [1.807, 2.05) is 0 Å². The monoisotopic (exact) mass is 342 g/mol. The van der Waals surface area contributed by atoms with E-state index in [1.165, 1.54) is 0 Å². The van der Waals surface area contributed by atoms with Gasteiger partial charge in [-0.25, -0.2) is 8.78 Å². The zero-order chi connectivity index (χ0) is 13.1. The van der Waals surface area contributed by atoms with Gasteiger partial charge in [0.25, 0.3) is 11.8 Å². The first kappa shape index (κ1) is 17.3. The highest BCUT2D eigenvalue weighted by atomic mass is 79.9. The van der Waals surface area contributed by atoms with Crippen LogP contribution in [0.5, 0.6) is 0 Å². The first-order valence-electron chi connectivity index (χ1n) is 4.98. The predicted octanol–water partition coefficient (Wildman–Crippen LogP) is 2.50. The maximum atomic E-state index is 12.9. The summed E-state index contributed by atoms with van der Waals surface area (Å²) in [5, 5.41) is 2.17. The molecule has 1 amide bonds. The molecule has 0 bridgehead atoms. The Morgan fingerprint density at radius 2 is 2.11 bits per heavy atom. The highest BCUT2D eigenvalue weighted by Crippen LogP contribution is 2.19. The molecular weight excluding hydrogens is 329 g/mol. The Kier molecular flexibility index (Phi) is 6.73. The van der Waals surface area contributed by atoms with Crippen LogP contribution in [-0.2, 0) is 0 Å². The summed E-state index contributed by atoms with van der Waals surface area (Å²) in [6.45, 7) is 0.194. The summed E-state index contributed by atoms with van der Waals surface area (Å²) in [7, 11) is 0. The summed E-state index contributed by atoms with van der Waals surface area (Å²) < 4.78 is 26.5. The third-order valence-electron chi connectivity index (χ3n) is 2.32. The summed E-state index contributed by atoms with van der Waals surface area (Å²) in [6, 6.07) is 5.03. The molecule has 0 fully saturated rings. The van der Waals surface area contributed by atoms with Crippen molar-refractivity contribution in [2.75, 3.05) is 13.1 Å². The van der Waals surface area contributed by atoms with E-state index in [0.29, 0.717) is 11.1 Å². The van der Waals surface area contributed by atoms with Gasteiger partial charge in [0.2, 0.25) is 0 Å². The molecule has 0 heterocycles. The van der Waals surface area contributed by atoms with Crippen LogP contribution >= 0.6 is 28.3 Å². The number of rotatable bonds is 4. The number of halogens is 4. The number of alkyl halides is 2. The van der Waals surface area contributed by atoms with Crippen LogP contribution in [0.4, 0.5) is 8.78 Å². The molecule has 0 atom stereocenters. The lowest BCUT2D eigenvalue weighted by atomic mass is 10.1. The summed E-state index contributed by atoms with van der Waals surface area (Å²) in [6.07, 6.45) is 0. The van der Waals surface area contributed by atoms with Crippen LogP contribution < -0.4 is 11.1 Å². The molecule has 3 nitrogen and oxygen atoms in total. The zero-order valence-electron chi connectivity index (χ0n) is 9.67. The second-order valence-corrected chi connectivity index (χ2v) is 4.51. The maximum Gasteiger partial charge on any atom is 0.277 e. The molecular formula is C11H14BrClF2N2O. The summed E-state index contributed by atoms with van der Waals surface area (Å²) in [5.41, 5.74) is 5.95. The predicted molar refractivity (Wildman–Crippen MR) is 72.5 cm³/mol. The minimum atomic E-state index is -3.07. The van der Waals surface area contributed by atoms with E-state index in [4.69, 9.17) is 5.73 Å². The second-order valence-electron chi connectivity index (χ2n) is 3.66. The van der Waals surface area contributed by atoms with Gasteiger partial charge in [0.1, 0.15) is 0 Å². The molecule has 18 heavy (non-hydrogen) atoms. The molecule has 0 unspecified atom stereocenters. The molecule has 0 saturated carbocycles. The number of benzene rings is 1. The topological polar surface area (TPSA) is 55.1 Å². The van der Waals surface area contributed by atoms with Gasteiger partial charge < -0.3 is 11.1 Å². The highest BCUT2D eigenvalue weighted by molar-refractivity contribution is 9.10. The fourth-order valence-corrected chi connectivity index (χ4v) is 1.60. The van der Waals surface area contributed by atoms with Crippen molar-refractivity contribution < 1.29 is 13.6 Å². The van der Waals surface area contributed by atoms with E-state index in [1.54, 1.807) is 25.1 Å². The van der Waals surface area contributed by atoms with Crippen molar-refractivity contribution in [3.63, 3.8) is 0 Å². The van der Waals surface area contributed by atoms with Crippen LogP contribution in [-0.4, -0.2) is 24.9 Å². The Morgan fingerprint density at radius 3 is 2.67 bits per heavy atom. The van der Waals surface area contributed by atoms with Gasteiger partial charge in [-0.05, 0) is 24.6 Å². The van der Waals surface area contributed by atoms with Crippen molar-refractivity contribution in [1.82, 2.24) is 5.32 Å². The molecule has 0 saturated heterocycles. The van der Waals surface area contributed by atoms with Gasteiger partial charge in [-0.15, -0.1) is 12.4 Å². The molecule has 1 aromatic carbocycles. The molecule has 0 aliphatic rings. The van der Waals surface area contributed by atoms with Crippen LogP contribution in [0.25, 0.3) is 0 Å². The zero-order valence-corrected chi connectivity index (χ0v) is 12.1. The third kappa shape index (κ3) is 4.51. The van der Waals surface area contributed by atoms with Crippen molar-refractivity contribution in [1.29, 1.82) is 0 Å². The third-order valence-corrected chi connectivity index (χ3v) is 3.18. The van der Waals surface area contributed by atoms with Crippen molar-refractivity contribution in [2.24, 2.45) is 5.73 Å². The van der Waals surface area contributed by atoms with Gasteiger partial charge >= 0.3 is 0 Å². The normalized spacial score (nSPS) is 10.7. The Morgan fingerprint density at radius 1 is 1.50 bits per heavy atom. The van der Waals surface area contributed by atoms with Gasteiger partial charge in [-0.2, -0.15) is 0 Å². The molecule has 0 aliphatic heterocycles. The van der Waals surface area contributed by atoms with E-state index >= 15 is 0 Å². The summed E-state index contributed by atoms with van der Waals surface area (Å²) in [5.74, 6) is -3.60. The number of hydrogen-bond acceptors (Lipinski definition) is 2. The van der Waals surface area contributed by atoms with Crippen LogP contribution in [0.15, 0.2) is 22.7 Å². The lowest BCUT2D eigenvalue weighted by Gasteiger charge is -2.15. The largest absolute Gasteiger partial charge is 0.346 e. The first-order chi connectivity index (χ1) is 7.87. The summed E-state index contributed by atoms with van der Waals surface area (Å²) in [4.78, 5) is 11.7. The number of nitrogens with one attached hydrogen (secondary N) is 1. The lowest BCUT2D eigenvalue weighted by molar-refractivity contribution is 0.0118. The Labute approximate surface area is 119 Å². The van der Waals surface area contributed by atoms with Crippen LogP contribution in [0.2, 0.25) is 0 Å². The maximum absolute atomic E-state index is 12.9. The van der Waals surface area contributed by atoms with Crippen LogP contribution in [0.3, 0.4) is 0 Å². The van der Waals surface area contributed by atoms with Crippen LogP contribution in [0, 0.1) is 6.92 Å². The van der Waals surface area contributed by atoms with Crippen molar-refractivity contribution in [3.8, 4) is 0 Å². The fourth-order valence-electron chi connectivity index (χ4n) is 1.23. The number of nitrogens with two attached hydrogens (primary N) is 1. The Hall–Kier alpha value is -0.720. The van der Waals surface area contributed by atoms with Crippen LogP contribution in [0.1, 0.15) is 15.9 Å². The van der Waals surface area contributed by atoms with Gasteiger partial charge in [-0.1, -0.05) is 22.0 Å². The quantitative estimate of drug-likeness (QED) is 0.882. The second kappa shape index (κ2) is 7.01. The molecule has 0 spiro atoms. The van der Waals surface area contributed by atoms with Gasteiger partial charge in [0.15, 0.2) is 0 Å². The lowest BCUT2D eigenvalue weighted by Crippen LogP contribution is -2.41. The molecule has 1 aromatic rings. The van der Waals surface area contributed by atoms with Crippen molar-refractivity contribution in [2.45, 2.75) is 12.8 Å². The SMILES string of the molecule is Cc1c(Br)cccc1C(=O)NCC(F)(F)CN.Cl. The smallest absolute Gasteiger partial charge is 0.277 e. The van der Waals surface area contributed by atoms with Crippen molar-refractivity contribution >= 4 is 34.2 Å². The Balaban J connectivity index is 0.00000289. The van der Waals surface area contributed by atoms with E-state index in [0.717, 1.165) is 4.47 Å². The standard InChI is InChI=1S/C11H13BrF2N2O.ClH/c1-7-8(3-2-4-9(7)12)10(17)16-6-11(13,14)5-15;/h2-4H,5-6,15H2,1H3,(H,16,17);1H. The van der Waals surface area contributed by atoms with E-state index in [9.17, 15) is 13.6 Å². The van der Waals surface area contributed by atoms with E-state index in [2.05, 4.69) is 21.2 Å². The average molecular weight is 344 g/mol. The summed E-state index contributed by atoms with van der Waals surface area (Å²) >= 11 is 3.27. The number of hydrogen-bond donors (Lipinski definition) is 2. The fraction of sp³-hybridized carbons (Fsp3) is 0.364. The number of carbonyl (C=O) groups excluding carboxylic acids is 1. The first-order valence-corrected chi connectivity index (χ1v) is 5.78. The molecule has 3 N–H and O–H groups in total. The minimum Gasteiger partial charge on any atom is -0.346 e. The minimum absolute atomic E-state index is 0. The van der Waals surface area contributed by atoms with Gasteiger partial charge in [-0.3, -0.25) is 4.79 Å². The molecule has 1 rings (SSSR count). The Bertz CT molecular complexity index is 430. The average Bonchev–Trinajstić information content (AvgIpc) is 2.30.